The predicted molar refractivity (Wildman–Crippen MR) is 202 cm³/mol. The molecule has 6 heterocycles. The molecule has 8 rings (SSSR count). The van der Waals surface area contributed by atoms with E-state index in [0.717, 1.165) is 67.8 Å². The maximum absolute atomic E-state index is 9.01. The largest absolute Gasteiger partial charge is 2.00 e. The summed E-state index contributed by atoms with van der Waals surface area (Å²) in [5.74, 6) is 0. The molecule has 6 aromatic heterocycles. The molecule has 0 aliphatic rings. The van der Waals surface area contributed by atoms with E-state index >= 15 is 0 Å². The van der Waals surface area contributed by atoms with Gasteiger partial charge in [-0.3, -0.25) is 19.9 Å². The van der Waals surface area contributed by atoms with Crippen LogP contribution in [0.1, 0.15) is 11.1 Å². The molecule has 0 unspecified atom stereocenters. The summed E-state index contributed by atoms with van der Waals surface area (Å²) in [7, 11) is 0. The Morgan fingerprint density at radius 2 is 0.600 bits per heavy atom. The summed E-state index contributed by atoms with van der Waals surface area (Å²) in [6.45, 7) is 0. The molecule has 0 atom stereocenters. The zero-order valence-corrected chi connectivity index (χ0v) is 31.4. The number of hydrogen-bond donors (Lipinski definition) is 0. The second-order valence-electron chi connectivity index (χ2n) is 11.5. The van der Waals surface area contributed by atoms with Crippen molar-refractivity contribution in [3.63, 3.8) is 0 Å². The van der Waals surface area contributed by atoms with Crippen LogP contribution in [0.5, 0.6) is 0 Å². The normalized spacial score (nSPS) is 9.71. The van der Waals surface area contributed by atoms with Gasteiger partial charge in [-0.1, -0.05) is 48.5 Å². The topological polar surface area (TPSA) is 125 Å². The third-order valence-corrected chi connectivity index (χ3v) is 8.05. The maximum Gasteiger partial charge on any atom is 2.00 e. The molecule has 0 N–H and O–H groups in total. The van der Waals surface area contributed by atoms with Crippen molar-refractivity contribution in [2.75, 3.05) is 0 Å². The third-order valence-electron chi connectivity index (χ3n) is 8.05. The van der Waals surface area contributed by atoms with Crippen LogP contribution < -0.4 is 24.8 Å². The number of pyridine rings is 6. The van der Waals surface area contributed by atoms with Crippen LogP contribution in [0.25, 0.3) is 67.8 Å². The van der Waals surface area contributed by atoms with E-state index in [1.807, 2.05) is 146 Å². The number of nitriles is 2. The summed E-state index contributed by atoms with van der Waals surface area (Å²) in [5, 5.41) is 18.0. The zero-order chi connectivity index (χ0) is 35.5. The predicted octanol–water partition coefficient (Wildman–Crippen LogP) is 3.49. The smallest absolute Gasteiger partial charge is 1.00 e. The van der Waals surface area contributed by atoms with E-state index in [1.54, 1.807) is 24.8 Å². The number of benzene rings is 2. The van der Waals surface area contributed by atoms with Gasteiger partial charge in [0, 0.05) is 24.8 Å². The molecule has 0 saturated carbocycles. The third kappa shape index (κ3) is 10.3. The molecule has 8 aromatic rings. The van der Waals surface area contributed by atoms with Crippen LogP contribution in [0, 0.1) is 22.7 Å². The van der Waals surface area contributed by atoms with E-state index in [-0.39, 0.29) is 41.6 Å². The van der Waals surface area contributed by atoms with Crippen LogP contribution in [0.15, 0.2) is 170 Å². The first-order valence-corrected chi connectivity index (χ1v) is 16.4. The van der Waals surface area contributed by atoms with Crippen LogP contribution in [-0.2, 0) is 16.8 Å². The number of rotatable bonds is 6. The number of hydrogen-bond acceptors (Lipinski definition) is 8. The molecule has 1 radical (unpaired) electrons. The Balaban J connectivity index is 0.000000232. The molecule has 0 aliphatic heterocycles. The first-order chi connectivity index (χ1) is 25.7. The van der Waals surface area contributed by atoms with Crippen molar-refractivity contribution in [3.8, 4) is 79.9 Å². The molecule has 2 aromatic carbocycles. The van der Waals surface area contributed by atoms with Crippen LogP contribution >= 0.6 is 0 Å². The summed E-state index contributed by atoms with van der Waals surface area (Å²) in [4.78, 5) is 27.2. The minimum absolute atomic E-state index is 0. The van der Waals surface area contributed by atoms with Crippen molar-refractivity contribution >= 4 is 0 Å². The Kier molecular flexibility index (Phi) is 15.0. The second kappa shape index (κ2) is 20.0. The van der Waals surface area contributed by atoms with Crippen LogP contribution in [0.3, 0.4) is 0 Å². The van der Waals surface area contributed by atoms with Gasteiger partial charge in [0.1, 0.15) is 0 Å². The Bertz CT molecular complexity index is 2220. The van der Waals surface area contributed by atoms with Gasteiger partial charge in [-0.25, -0.2) is 9.97 Å². The van der Waals surface area contributed by atoms with Gasteiger partial charge in [-0.2, -0.15) is 10.5 Å². The zero-order valence-electron chi connectivity index (χ0n) is 28.8. The molecular formula is C44H28Cl2CoN8. The minimum Gasteiger partial charge on any atom is -1.00 e. The fraction of sp³-hybridized carbons (Fsp3) is 0. The molecular weight excluding hydrogens is 770 g/mol. The Morgan fingerprint density at radius 3 is 0.818 bits per heavy atom. The standard InChI is InChI=1S/2C22H14N4.2ClH.Co/c2*23-15-16-7-9-17(10-8-16)18-13-21(19-5-1-3-11-24-19)26-22(14-18)20-6-2-4-12-25-20;;;/h2*1-14H;2*1H;/q;;;;+2/p-2. The summed E-state index contributed by atoms with van der Waals surface area (Å²) < 4.78 is 0. The summed E-state index contributed by atoms with van der Waals surface area (Å²) in [6, 6.07) is 50.4. The molecule has 0 fully saturated rings. The molecule has 0 spiro atoms. The molecule has 11 heteroatoms. The second-order valence-corrected chi connectivity index (χ2v) is 11.5. The Hall–Kier alpha value is -6.59. The molecule has 267 valence electrons. The average Bonchev–Trinajstić information content (AvgIpc) is 3.25. The molecule has 0 aliphatic carbocycles. The summed E-state index contributed by atoms with van der Waals surface area (Å²) in [5.41, 5.74) is 11.7. The first-order valence-electron chi connectivity index (χ1n) is 16.4. The summed E-state index contributed by atoms with van der Waals surface area (Å²) in [6.07, 6.45) is 7.02. The first kappa shape index (κ1) is 41.2. The van der Waals surface area contributed by atoms with Crippen LogP contribution in [0.2, 0.25) is 0 Å². The van der Waals surface area contributed by atoms with Gasteiger partial charge < -0.3 is 24.8 Å². The molecule has 0 saturated heterocycles. The number of halogens is 2. The van der Waals surface area contributed by atoms with Gasteiger partial charge in [-0.05, 0) is 119 Å². The Morgan fingerprint density at radius 1 is 0.327 bits per heavy atom. The van der Waals surface area contributed by atoms with E-state index in [2.05, 4.69) is 32.1 Å². The van der Waals surface area contributed by atoms with Gasteiger partial charge in [0.2, 0.25) is 0 Å². The number of nitrogens with zero attached hydrogens (tertiary/aromatic N) is 8. The van der Waals surface area contributed by atoms with Crippen LogP contribution in [0.4, 0.5) is 0 Å². The van der Waals surface area contributed by atoms with E-state index in [9.17, 15) is 0 Å². The van der Waals surface area contributed by atoms with E-state index in [0.29, 0.717) is 11.1 Å². The molecule has 55 heavy (non-hydrogen) atoms. The van der Waals surface area contributed by atoms with Gasteiger partial charge in [0.25, 0.3) is 0 Å². The average molecular weight is 799 g/mol. The minimum atomic E-state index is 0. The van der Waals surface area contributed by atoms with Gasteiger partial charge in [-0.15, -0.1) is 0 Å². The van der Waals surface area contributed by atoms with Crippen molar-refractivity contribution < 1.29 is 41.6 Å². The SMILES string of the molecule is N#Cc1ccc(-c2cc(-c3ccccn3)nc(-c3ccccn3)c2)cc1.N#Cc1ccc(-c2cc(-c3ccccn3)nc(-c3ccccn3)c2)cc1.[Cl-].[Cl-].[Co+2]. The van der Waals surface area contributed by atoms with Crippen molar-refractivity contribution in [3.05, 3.63) is 182 Å². The van der Waals surface area contributed by atoms with Crippen LogP contribution in [-0.4, -0.2) is 29.9 Å². The van der Waals surface area contributed by atoms with Crippen molar-refractivity contribution in [1.82, 2.24) is 29.9 Å². The fourth-order valence-electron chi connectivity index (χ4n) is 5.45. The Labute approximate surface area is 341 Å². The van der Waals surface area contributed by atoms with Crippen molar-refractivity contribution in [1.29, 1.82) is 10.5 Å². The van der Waals surface area contributed by atoms with E-state index in [4.69, 9.17) is 20.5 Å². The van der Waals surface area contributed by atoms with Gasteiger partial charge in [0.05, 0.1) is 68.8 Å². The maximum atomic E-state index is 9.01. The quantitative estimate of drug-likeness (QED) is 0.251. The monoisotopic (exact) mass is 797 g/mol. The van der Waals surface area contributed by atoms with Crippen molar-refractivity contribution in [2.24, 2.45) is 0 Å². The van der Waals surface area contributed by atoms with E-state index in [1.165, 1.54) is 0 Å². The van der Waals surface area contributed by atoms with Gasteiger partial charge >= 0.3 is 16.8 Å². The summed E-state index contributed by atoms with van der Waals surface area (Å²) >= 11 is 0. The van der Waals surface area contributed by atoms with Gasteiger partial charge in [0.15, 0.2) is 0 Å². The van der Waals surface area contributed by atoms with E-state index < -0.39 is 0 Å². The molecule has 0 bridgehead atoms. The molecule has 0 amide bonds. The number of aromatic nitrogens is 6. The molecule has 8 nitrogen and oxygen atoms in total. The fourth-order valence-corrected chi connectivity index (χ4v) is 5.45. The van der Waals surface area contributed by atoms with Crippen molar-refractivity contribution in [2.45, 2.75) is 0 Å².